The number of aromatic hydroxyl groups is 1. The van der Waals surface area contributed by atoms with E-state index in [9.17, 15) is 15.3 Å². The molecule has 5 atom stereocenters. The molecule has 0 radical (unpaired) electrons. The van der Waals surface area contributed by atoms with Crippen molar-refractivity contribution in [2.45, 2.75) is 76.9 Å². The van der Waals surface area contributed by atoms with Crippen molar-refractivity contribution in [3.63, 3.8) is 0 Å². The molecule has 156 valence electrons. The predicted octanol–water partition coefficient (Wildman–Crippen LogP) is 4.57. The second-order valence-electron chi connectivity index (χ2n) is 8.23. The van der Waals surface area contributed by atoms with Gasteiger partial charge in [-0.3, -0.25) is 0 Å². The third kappa shape index (κ3) is 6.11. The zero-order valence-electron chi connectivity index (χ0n) is 16.9. The van der Waals surface area contributed by atoms with E-state index in [1.54, 1.807) is 12.1 Å². The summed E-state index contributed by atoms with van der Waals surface area (Å²) >= 11 is 4.82. The molecule has 0 saturated heterocycles. The highest BCUT2D eigenvalue weighted by atomic mass is 35.5. The first kappa shape index (κ1) is 23.0. The van der Waals surface area contributed by atoms with Gasteiger partial charge in [-0.15, -0.1) is 11.6 Å². The average molecular weight is 408 g/mol. The van der Waals surface area contributed by atoms with Gasteiger partial charge < -0.3 is 15.3 Å². The number of phenols is 1. The number of alkyl halides is 1. The van der Waals surface area contributed by atoms with Gasteiger partial charge in [0, 0.05) is 0 Å². The summed E-state index contributed by atoms with van der Waals surface area (Å²) < 4.78 is 0. The Morgan fingerprint density at radius 1 is 1.25 bits per heavy atom. The molecular formula is C23H34ClNO3. The van der Waals surface area contributed by atoms with Crippen LogP contribution < -0.4 is 0 Å². The SMILES string of the molecule is CCCCC[C@H](O)CC[C@@H]1[C@H]2Cc3cccc(O)c3C[C@H]2C[C@H]1O.N#CCCl. The molecule has 4 nitrogen and oxygen atoms in total. The van der Waals surface area contributed by atoms with Gasteiger partial charge in [0.25, 0.3) is 0 Å². The molecule has 0 amide bonds. The van der Waals surface area contributed by atoms with Crippen molar-refractivity contribution in [1.29, 1.82) is 5.26 Å². The van der Waals surface area contributed by atoms with Crippen LogP contribution in [0.2, 0.25) is 0 Å². The molecule has 2 aliphatic rings. The van der Waals surface area contributed by atoms with Crippen molar-refractivity contribution in [2.75, 3.05) is 5.88 Å². The summed E-state index contributed by atoms with van der Waals surface area (Å²) in [6.07, 6.45) is 8.31. The molecule has 1 saturated carbocycles. The Balaban J connectivity index is 0.000000640. The van der Waals surface area contributed by atoms with Gasteiger partial charge in [0.15, 0.2) is 0 Å². The van der Waals surface area contributed by atoms with Crippen molar-refractivity contribution in [3.05, 3.63) is 29.3 Å². The van der Waals surface area contributed by atoms with Crippen LogP contribution >= 0.6 is 11.6 Å². The summed E-state index contributed by atoms with van der Waals surface area (Å²) in [5.74, 6) is 1.78. The Hall–Kier alpha value is -1.28. The van der Waals surface area contributed by atoms with Crippen molar-refractivity contribution < 1.29 is 15.3 Å². The van der Waals surface area contributed by atoms with E-state index in [0.29, 0.717) is 23.5 Å². The zero-order chi connectivity index (χ0) is 20.5. The van der Waals surface area contributed by atoms with Crippen molar-refractivity contribution in [1.82, 2.24) is 0 Å². The number of nitriles is 1. The largest absolute Gasteiger partial charge is 0.508 e. The smallest absolute Gasteiger partial charge is 0.119 e. The standard InChI is InChI=1S/C21H32O3.C2H2ClN/c1-2-3-4-7-16(22)9-10-17-18-11-14-6-5-8-20(23)19(14)12-15(18)13-21(17)24;3-1-2-4/h5-6,8,15-18,21-24H,2-4,7,9-13H2,1H3;1H2/t15-,16-,17+,18-,21+;/m0./s1. The Labute approximate surface area is 174 Å². The molecule has 0 spiro atoms. The number of nitrogens with zero attached hydrogens (tertiary/aromatic N) is 1. The Morgan fingerprint density at radius 3 is 2.68 bits per heavy atom. The van der Waals surface area contributed by atoms with Gasteiger partial charge in [0.2, 0.25) is 0 Å². The van der Waals surface area contributed by atoms with Crippen LogP contribution in [0.15, 0.2) is 18.2 Å². The predicted molar refractivity (Wildman–Crippen MR) is 112 cm³/mol. The number of aliphatic hydroxyl groups excluding tert-OH is 2. The van der Waals surface area contributed by atoms with Crippen molar-refractivity contribution in [3.8, 4) is 11.8 Å². The molecule has 1 aromatic rings. The Morgan fingerprint density at radius 2 is 2.00 bits per heavy atom. The van der Waals surface area contributed by atoms with Gasteiger partial charge >= 0.3 is 0 Å². The lowest BCUT2D eigenvalue weighted by Gasteiger charge is -2.32. The van der Waals surface area contributed by atoms with E-state index in [0.717, 1.165) is 50.5 Å². The fourth-order valence-corrected chi connectivity index (χ4v) is 4.98. The zero-order valence-corrected chi connectivity index (χ0v) is 17.6. The number of rotatable bonds is 7. The van der Waals surface area contributed by atoms with Gasteiger partial charge in [-0.05, 0) is 73.5 Å². The van der Waals surface area contributed by atoms with Gasteiger partial charge in [0.1, 0.15) is 11.6 Å². The fourth-order valence-electron chi connectivity index (χ4n) is 4.98. The lowest BCUT2D eigenvalue weighted by Crippen LogP contribution is -2.27. The third-order valence-electron chi connectivity index (χ3n) is 6.40. The second-order valence-corrected chi connectivity index (χ2v) is 8.50. The maximum absolute atomic E-state index is 10.6. The number of hydrogen-bond acceptors (Lipinski definition) is 4. The number of benzene rings is 1. The van der Waals surface area contributed by atoms with Crippen LogP contribution in [-0.2, 0) is 12.8 Å². The molecule has 3 N–H and O–H groups in total. The van der Waals surface area contributed by atoms with Crippen LogP contribution in [0.3, 0.4) is 0 Å². The van der Waals surface area contributed by atoms with Crippen molar-refractivity contribution >= 4 is 11.6 Å². The highest BCUT2D eigenvalue weighted by Crippen LogP contribution is 2.48. The number of phenolic OH excluding ortho intramolecular Hbond substituents is 1. The monoisotopic (exact) mass is 407 g/mol. The maximum Gasteiger partial charge on any atom is 0.119 e. The van der Waals surface area contributed by atoms with E-state index in [1.807, 2.05) is 6.07 Å². The molecule has 0 bridgehead atoms. The van der Waals surface area contributed by atoms with Crippen LogP contribution in [0.4, 0.5) is 0 Å². The second kappa shape index (κ2) is 11.7. The molecule has 0 heterocycles. The normalized spacial score (nSPS) is 26.4. The Kier molecular flexibility index (Phi) is 9.58. The van der Waals surface area contributed by atoms with Crippen molar-refractivity contribution in [2.24, 2.45) is 17.8 Å². The van der Waals surface area contributed by atoms with Gasteiger partial charge in [-0.25, -0.2) is 0 Å². The summed E-state index contributed by atoms with van der Waals surface area (Å²) in [5.41, 5.74) is 2.34. The number of unbranched alkanes of at least 4 members (excludes halogenated alkanes) is 2. The van der Waals surface area contributed by atoms with E-state index in [-0.39, 0.29) is 18.1 Å². The summed E-state index contributed by atoms with van der Waals surface area (Å²) in [6.45, 7) is 2.18. The van der Waals surface area contributed by atoms with Gasteiger partial charge in [-0.2, -0.15) is 5.26 Å². The van der Waals surface area contributed by atoms with E-state index in [2.05, 4.69) is 13.0 Å². The van der Waals surface area contributed by atoms with E-state index in [1.165, 1.54) is 18.4 Å². The number of hydrogen-bond donors (Lipinski definition) is 3. The molecule has 3 rings (SSSR count). The molecule has 0 aliphatic heterocycles. The first-order chi connectivity index (χ1) is 13.5. The number of aliphatic hydroxyl groups is 2. The topological polar surface area (TPSA) is 84.5 Å². The van der Waals surface area contributed by atoms with E-state index < -0.39 is 0 Å². The average Bonchev–Trinajstić information content (AvgIpc) is 3.00. The molecule has 1 fully saturated rings. The number of fused-ring (bicyclic) bond motifs is 2. The van der Waals surface area contributed by atoms with Crippen LogP contribution in [-0.4, -0.2) is 33.4 Å². The van der Waals surface area contributed by atoms with E-state index in [4.69, 9.17) is 16.9 Å². The third-order valence-corrected chi connectivity index (χ3v) is 6.52. The maximum atomic E-state index is 10.6. The minimum absolute atomic E-state index is 0.0972. The highest BCUT2D eigenvalue weighted by Gasteiger charge is 2.44. The molecule has 1 aromatic carbocycles. The molecule has 5 heteroatoms. The van der Waals surface area contributed by atoms with Crippen LogP contribution in [0.1, 0.15) is 63.0 Å². The Bertz CT molecular complexity index is 645. The highest BCUT2D eigenvalue weighted by molar-refractivity contribution is 6.19. The molecule has 28 heavy (non-hydrogen) atoms. The lowest BCUT2D eigenvalue weighted by atomic mass is 9.73. The van der Waals surface area contributed by atoms with E-state index >= 15 is 0 Å². The summed E-state index contributed by atoms with van der Waals surface area (Å²) in [6, 6.07) is 7.51. The summed E-state index contributed by atoms with van der Waals surface area (Å²) in [7, 11) is 0. The summed E-state index contributed by atoms with van der Waals surface area (Å²) in [4.78, 5) is 0. The minimum atomic E-state index is -0.251. The summed E-state index contributed by atoms with van der Waals surface area (Å²) in [5, 5.41) is 38.3. The first-order valence-corrected chi connectivity index (χ1v) is 11.1. The molecule has 2 aliphatic carbocycles. The van der Waals surface area contributed by atoms with Crippen LogP contribution in [0.25, 0.3) is 0 Å². The first-order valence-electron chi connectivity index (χ1n) is 10.6. The molecule has 0 unspecified atom stereocenters. The van der Waals surface area contributed by atoms with Gasteiger partial charge in [-0.1, -0.05) is 38.3 Å². The van der Waals surface area contributed by atoms with Crippen LogP contribution in [0, 0.1) is 29.1 Å². The molecular weight excluding hydrogens is 374 g/mol. The van der Waals surface area contributed by atoms with Gasteiger partial charge in [0.05, 0.1) is 18.3 Å². The quantitative estimate of drug-likeness (QED) is 0.456. The molecule has 0 aromatic heterocycles. The minimum Gasteiger partial charge on any atom is -0.508 e. The fraction of sp³-hybridized carbons (Fsp3) is 0.696. The lowest BCUT2D eigenvalue weighted by molar-refractivity contribution is 0.0869. The number of halogens is 1. The van der Waals surface area contributed by atoms with Crippen LogP contribution in [0.5, 0.6) is 5.75 Å².